The van der Waals surface area contributed by atoms with E-state index in [0.29, 0.717) is 0 Å². The molecule has 0 saturated heterocycles. The van der Waals surface area contributed by atoms with Gasteiger partial charge in [-0.15, -0.1) is 0 Å². The predicted molar refractivity (Wildman–Crippen MR) is 55.2 cm³/mol. The first-order valence-corrected chi connectivity index (χ1v) is 5.70. The topological polar surface area (TPSA) is 0 Å². The molecule has 1 fully saturated rings. The van der Waals surface area contributed by atoms with Crippen molar-refractivity contribution in [1.82, 2.24) is 0 Å². The molecule has 0 unspecified atom stereocenters. The maximum absolute atomic E-state index is 2.45. The van der Waals surface area contributed by atoms with Gasteiger partial charge in [-0.3, -0.25) is 0 Å². The van der Waals surface area contributed by atoms with E-state index in [9.17, 15) is 0 Å². The zero-order valence-corrected chi connectivity index (χ0v) is 8.97. The van der Waals surface area contributed by atoms with Crippen molar-refractivity contribution in [3.63, 3.8) is 0 Å². The maximum Gasteiger partial charge on any atom is -0.0388 e. The number of hydrogen-bond donors (Lipinski definition) is 0. The molecule has 0 aromatic rings. The second-order valence-electron chi connectivity index (χ2n) is 5.00. The zero-order chi connectivity index (χ0) is 8.97. The summed E-state index contributed by atoms with van der Waals surface area (Å²) in [6.07, 6.45) is 8.93. The van der Waals surface area contributed by atoms with E-state index in [1.54, 1.807) is 0 Å². The van der Waals surface area contributed by atoms with Gasteiger partial charge in [-0.05, 0) is 24.2 Å². The molecule has 0 aromatic carbocycles. The highest BCUT2D eigenvalue weighted by Crippen LogP contribution is 2.32. The second-order valence-corrected chi connectivity index (χ2v) is 5.00. The van der Waals surface area contributed by atoms with Crippen LogP contribution in [0.5, 0.6) is 0 Å². The Kier molecular flexibility index (Phi) is 4.11. The molecule has 1 saturated carbocycles. The van der Waals surface area contributed by atoms with Gasteiger partial charge < -0.3 is 0 Å². The minimum atomic E-state index is 0.891. The van der Waals surface area contributed by atoms with Gasteiger partial charge in [0.1, 0.15) is 0 Å². The minimum absolute atomic E-state index is 0.891. The van der Waals surface area contributed by atoms with Gasteiger partial charge >= 0.3 is 0 Å². The monoisotopic (exact) mass is 168 g/mol. The fourth-order valence-corrected chi connectivity index (χ4v) is 2.64. The molecule has 0 heteroatoms. The van der Waals surface area contributed by atoms with Crippen LogP contribution in [-0.2, 0) is 0 Å². The van der Waals surface area contributed by atoms with E-state index in [1.165, 1.54) is 38.5 Å². The normalized spacial score (nSPS) is 23.0. The lowest BCUT2D eigenvalue weighted by molar-refractivity contribution is 0.234. The summed E-state index contributed by atoms with van der Waals surface area (Å²) in [6, 6.07) is 0. The van der Waals surface area contributed by atoms with Crippen LogP contribution >= 0.6 is 0 Å². The molecular formula is C12H24. The van der Waals surface area contributed by atoms with Crippen LogP contribution in [0.1, 0.15) is 59.3 Å². The van der Waals surface area contributed by atoms with Gasteiger partial charge in [-0.25, -0.2) is 0 Å². The van der Waals surface area contributed by atoms with E-state index in [-0.39, 0.29) is 0 Å². The third kappa shape index (κ3) is 3.16. The molecule has 0 aromatic heterocycles. The summed E-state index contributed by atoms with van der Waals surface area (Å²) in [5.74, 6) is 2.92. The molecule has 0 aliphatic heterocycles. The standard InChI is InChI=1S/C12H24/c1-10(2)9-11(3)12-7-5-4-6-8-12/h10-12H,4-9H2,1-3H3/t11-/m1/s1. The first-order valence-electron chi connectivity index (χ1n) is 5.70. The van der Waals surface area contributed by atoms with Crippen LogP contribution < -0.4 is 0 Å². The summed E-state index contributed by atoms with van der Waals surface area (Å²) in [7, 11) is 0. The van der Waals surface area contributed by atoms with E-state index in [4.69, 9.17) is 0 Å². The van der Waals surface area contributed by atoms with Crippen LogP contribution in [0.4, 0.5) is 0 Å². The smallest absolute Gasteiger partial charge is 0.0388 e. The highest BCUT2D eigenvalue weighted by Gasteiger charge is 2.20. The minimum Gasteiger partial charge on any atom is -0.0628 e. The molecule has 1 atom stereocenters. The Morgan fingerprint density at radius 1 is 1.00 bits per heavy atom. The van der Waals surface area contributed by atoms with Crippen molar-refractivity contribution in [2.45, 2.75) is 59.3 Å². The number of rotatable bonds is 3. The molecular weight excluding hydrogens is 144 g/mol. The molecule has 0 heterocycles. The van der Waals surface area contributed by atoms with Crippen molar-refractivity contribution in [2.24, 2.45) is 17.8 Å². The highest BCUT2D eigenvalue weighted by atomic mass is 14.3. The van der Waals surface area contributed by atoms with Crippen LogP contribution in [0, 0.1) is 17.8 Å². The van der Waals surface area contributed by atoms with Gasteiger partial charge in [0.15, 0.2) is 0 Å². The molecule has 72 valence electrons. The van der Waals surface area contributed by atoms with Crippen molar-refractivity contribution in [1.29, 1.82) is 0 Å². The fourth-order valence-electron chi connectivity index (χ4n) is 2.64. The third-order valence-electron chi connectivity index (χ3n) is 3.30. The Bertz CT molecular complexity index is 109. The van der Waals surface area contributed by atoms with Gasteiger partial charge in [0.2, 0.25) is 0 Å². The van der Waals surface area contributed by atoms with Gasteiger partial charge in [0.05, 0.1) is 0 Å². The summed E-state index contributed by atoms with van der Waals surface area (Å²) in [5.41, 5.74) is 0. The Hall–Kier alpha value is 0. The van der Waals surface area contributed by atoms with Crippen molar-refractivity contribution in [3.05, 3.63) is 0 Å². The Labute approximate surface area is 77.7 Å². The summed E-state index contributed by atoms with van der Waals surface area (Å²) >= 11 is 0. The molecule has 1 aliphatic carbocycles. The van der Waals surface area contributed by atoms with Gasteiger partial charge in [-0.2, -0.15) is 0 Å². The molecule has 0 radical (unpaired) electrons. The van der Waals surface area contributed by atoms with E-state index >= 15 is 0 Å². The molecule has 12 heavy (non-hydrogen) atoms. The first kappa shape index (κ1) is 10.1. The van der Waals surface area contributed by atoms with Crippen LogP contribution in [-0.4, -0.2) is 0 Å². The summed E-state index contributed by atoms with van der Waals surface area (Å²) < 4.78 is 0. The van der Waals surface area contributed by atoms with E-state index in [0.717, 1.165) is 17.8 Å². The Morgan fingerprint density at radius 3 is 2.08 bits per heavy atom. The molecule has 1 aliphatic rings. The third-order valence-corrected chi connectivity index (χ3v) is 3.30. The van der Waals surface area contributed by atoms with Gasteiger partial charge in [-0.1, -0.05) is 52.9 Å². The molecule has 0 N–H and O–H groups in total. The SMILES string of the molecule is CC(C)C[C@@H](C)C1CCCCC1. The summed E-state index contributed by atoms with van der Waals surface area (Å²) in [4.78, 5) is 0. The summed E-state index contributed by atoms with van der Waals surface area (Å²) in [6.45, 7) is 7.15. The highest BCUT2D eigenvalue weighted by molar-refractivity contribution is 4.71. The first-order chi connectivity index (χ1) is 5.70. The average Bonchev–Trinajstić information content (AvgIpc) is 2.05. The van der Waals surface area contributed by atoms with Gasteiger partial charge in [0, 0.05) is 0 Å². The van der Waals surface area contributed by atoms with Crippen LogP contribution in [0.2, 0.25) is 0 Å². The van der Waals surface area contributed by atoms with Crippen LogP contribution in [0.3, 0.4) is 0 Å². The molecule has 0 bridgehead atoms. The van der Waals surface area contributed by atoms with Crippen LogP contribution in [0.25, 0.3) is 0 Å². The van der Waals surface area contributed by atoms with Crippen LogP contribution in [0.15, 0.2) is 0 Å². The quantitative estimate of drug-likeness (QED) is 0.591. The molecule has 0 nitrogen and oxygen atoms in total. The average molecular weight is 168 g/mol. The van der Waals surface area contributed by atoms with E-state index in [1.807, 2.05) is 0 Å². The van der Waals surface area contributed by atoms with Gasteiger partial charge in [0.25, 0.3) is 0 Å². The van der Waals surface area contributed by atoms with Crippen molar-refractivity contribution in [3.8, 4) is 0 Å². The lowest BCUT2D eigenvalue weighted by Crippen LogP contribution is -2.16. The molecule has 1 rings (SSSR count). The van der Waals surface area contributed by atoms with E-state index < -0.39 is 0 Å². The largest absolute Gasteiger partial charge is 0.0628 e. The molecule has 0 spiro atoms. The molecule has 0 amide bonds. The van der Waals surface area contributed by atoms with Crippen molar-refractivity contribution >= 4 is 0 Å². The number of hydrogen-bond acceptors (Lipinski definition) is 0. The lowest BCUT2D eigenvalue weighted by Gasteiger charge is -2.28. The Balaban J connectivity index is 2.24. The van der Waals surface area contributed by atoms with Crippen molar-refractivity contribution in [2.75, 3.05) is 0 Å². The lowest BCUT2D eigenvalue weighted by atomic mass is 9.78. The Morgan fingerprint density at radius 2 is 1.58 bits per heavy atom. The second kappa shape index (κ2) is 4.89. The zero-order valence-electron chi connectivity index (χ0n) is 8.97. The van der Waals surface area contributed by atoms with Crippen molar-refractivity contribution < 1.29 is 0 Å². The summed E-state index contributed by atoms with van der Waals surface area (Å²) in [5, 5.41) is 0. The maximum atomic E-state index is 2.45. The predicted octanol–water partition coefficient (Wildman–Crippen LogP) is 4.25. The fraction of sp³-hybridized carbons (Fsp3) is 1.00. The van der Waals surface area contributed by atoms with E-state index in [2.05, 4.69) is 20.8 Å².